The van der Waals surface area contributed by atoms with E-state index in [0.717, 1.165) is 11.3 Å². The molecule has 5 nitrogen and oxygen atoms in total. The average Bonchev–Trinajstić information content (AvgIpc) is 2.66. The predicted octanol–water partition coefficient (Wildman–Crippen LogP) is 3.74. The van der Waals surface area contributed by atoms with Gasteiger partial charge in [0.2, 0.25) is 9.84 Å². The Morgan fingerprint density at radius 2 is 1.88 bits per heavy atom. The molecule has 0 bridgehead atoms. The van der Waals surface area contributed by atoms with Crippen molar-refractivity contribution in [1.29, 1.82) is 5.26 Å². The molecule has 2 aromatic rings. The molecule has 0 radical (unpaired) electrons. The molecule has 0 amide bonds. The molecule has 26 heavy (non-hydrogen) atoms. The van der Waals surface area contributed by atoms with Crippen LogP contribution in [0.5, 0.6) is 11.5 Å². The van der Waals surface area contributed by atoms with E-state index < -0.39 is 9.84 Å². The zero-order chi connectivity index (χ0) is 18.7. The summed E-state index contributed by atoms with van der Waals surface area (Å²) in [6.07, 6.45) is 2.85. The van der Waals surface area contributed by atoms with Crippen molar-refractivity contribution in [3.63, 3.8) is 0 Å². The number of ether oxygens (including phenoxy) is 2. The van der Waals surface area contributed by atoms with E-state index in [0.29, 0.717) is 11.3 Å². The Morgan fingerprint density at radius 1 is 1.19 bits per heavy atom. The Bertz CT molecular complexity index is 1030. The molecule has 0 N–H and O–H groups in total. The number of fused-ring (bicyclic) bond motifs is 1. The lowest BCUT2D eigenvalue weighted by Crippen LogP contribution is -2.18. The summed E-state index contributed by atoms with van der Waals surface area (Å²) < 4.78 is 36.4. The molecular formula is C20H17NO4S. The molecular weight excluding hydrogens is 350 g/mol. The van der Waals surface area contributed by atoms with E-state index in [9.17, 15) is 13.7 Å². The largest absolute Gasteiger partial charge is 0.497 e. The summed E-state index contributed by atoms with van der Waals surface area (Å²) in [5, 5.41) is 9.45. The lowest BCUT2D eigenvalue weighted by atomic mass is 10.0. The number of rotatable bonds is 4. The Hall–Kier alpha value is -3.04. The molecule has 0 aliphatic carbocycles. The third-order valence-corrected chi connectivity index (χ3v) is 5.76. The first-order chi connectivity index (χ1) is 12.5. The molecule has 6 heteroatoms. The Balaban J connectivity index is 2.02. The zero-order valence-corrected chi connectivity index (χ0v) is 15.2. The molecule has 132 valence electrons. The maximum atomic E-state index is 12.8. The van der Waals surface area contributed by atoms with Gasteiger partial charge in [0.15, 0.2) is 0 Å². The minimum Gasteiger partial charge on any atom is -0.497 e. The van der Waals surface area contributed by atoms with E-state index in [2.05, 4.69) is 0 Å². The monoisotopic (exact) mass is 367 g/mol. The number of allylic oxidation sites excluding steroid dienone is 1. The van der Waals surface area contributed by atoms with Crippen LogP contribution in [-0.2, 0) is 9.84 Å². The van der Waals surface area contributed by atoms with Crippen molar-refractivity contribution in [2.24, 2.45) is 0 Å². The molecule has 1 aliphatic heterocycles. The summed E-state index contributed by atoms with van der Waals surface area (Å²) in [4.78, 5) is -0.291. The van der Waals surface area contributed by atoms with Crippen molar-refractivity contribution in [2.45, 2.75) is 17.9 Å². The van der Waals surface area contributed by atoms with Crippen molar-refractivity contribution in [2.75, 3.05) is 7.11 Å². The summed E-state index contributed by atoms with van der Waals surface area (Å²) in [7, 11) is -2.43. The van der Waals surface area contributed by atoms with E-state index in [1.54, 1.807) is 18.2 Å². The van der Waals surface area contributed by atoms with Gasteiger partial charge in [-0.05, 0) is 55.0 Å². The molecule has 0 saturated heterocycles. The van der Waals surface area contributed by atoms with E-state index in [4.69, 9.17) is 9.47 Å². The van der Waals surface area contributed by atoms with Crippen molar-refractivity contribution in [3.8, 4) is 17.6 Å². The summed E-state index contributed by atoms with van der Waals surface area (Å²) >= 11 is 0. The second-order valence-corrected chi connectivity index (χ2v) is 7.66. The second-order valence-electron chi connectivity index (χ2n) is 5.74. The predicted molar refractivity (Wildman–Crippen MR) is 98.4 cm³/mol. The van der Waals surface area contributed by atoms with Crippen LogP contribution in [0.4, 0.5) is 0 Å². The Labute approximate surface area is 152 Å². The number of sulfone groups is 1. The molecule has 0 aromatic heterocycles. The highest BCUT2D eigenvalue weighted by atomic mass is 32.2. The third kappa shape index (κ3) is 3.35. The van der Waals surface area contributed by atoms with Crippen LogP contribution in [0.3, 0.4) is 0 Å². The van der Waals surface area contributed by atoms with Gasteiger partial charge in [0.1, 0.15) is 28.6 Å². The van der Waals surface area contributed by atoms with E-state index in [-0.39, 0.29) is 15.9 Å². The molecule has 1 atom stereocenters. The van der Waals surface area contributed by atoms with Gasteiger partial charge < -0.3 is 9.47 Å². The van der Waals surface area contributed by atoms with Crippen LogP contribution < -0.4 is 9.47 Å². The van der Waals surface area contributed by atoms with Gasteiger partial charge in [-0.2, -0.15) is 5.26 Å². The fraction of sp³-hybridized carbons (Fsp3) is 0.150. The fourth-order valence-electron chi connectivity index (χ4n) is 2.62. The van der Waals surface area contributed by atoms with Crippen LogP contribution in [0.1, 0.15) is 12.5 Å². The van der Waals surface area contributed by atoms with Crippen LogP contribution in [0.25, 0.3) is 6.08 Å². The lowest BCUT2D eigenvalue weighted by Gasteiger charge is -2.23. The van der Waals surface area contributed by atoms with Gasteiger partial charge in [0.05, 0.1) is 12.0 Å². The van der Waals surface area contributed by atoms with Crippen molar-refractivity contribution >= 4 is 15.9 Å². The van der Waals surface area contributed by atoms with Gasteiger partial charge in [-0.15, -0.1) is 0 Å². The van der Waals surface area contributed by atoms with Crippen LogP contribution >= 0.6 is 0 Å². The van der Waals surface area contributed by atoms with Crippen LogP contribution in [0, 0.1) is 11.3 Å². The summed E-state index contributed by atoms with van der Waals surface area (Å²) in [6, 6.07) is 15.2. The van der Waals surface area contributed by atoms with Gasteiger partial charge in [-0.1, -0.05) is 18.2 Å². The molecule has 1 unspecified atom stereocenters. The Kier molecular flexibility index (Phi) is 4.83. The highest BCUT2D eigenvalue weighted by Crippen LogP contribution is 2.31. The standard InChI is InChI=1S/C20H17NO4S/c1-14-16(11-15-5-3-4-6-20(15)25-14)12-19(13-21)26(22,23)18-9-7-17(24-2)8-10-18/h3-12,14H,1-2H3/b19-12+. The van der Waals surface area contributed by atoms with Gasteiger partial charge in [-0.25, -0.2) is 8.42 Å². The minimum atomic E-state index is -3.93. The number of hydrogen-bond acceptors (Lipinski definition) is 5. The van der Waals surface area contributed by atoms with E-state index >= 15 is 0 Å². The number of hydrogen-bond donors (Lipinski definition) is 0. The maximum Gasteiger partial charge on any atom is 0.216 e. The molecule has 0 spiro atoms. The first-order valence-corrected chi connectivity index (χ1v) is 9.42. The number of benzene rings is 2. The van der Waals surface area contributed by atoms with Crippen molar-refractivity contribution in [1.82, 2.24) is 0 Å². The highest BCUT2D eigenvalue weighted by molar-refractivity contribution is 7.95. The van der Waals surface area contributed by atoms with Crippen LogP contribution in [0.15, 0.2) is 70.0 Å². The van der Waals surface area contributed by atoms with Crippen molar-refractivity contribution in [3.05, 3.63) is 70.6 Å². The fourth-order valence-corrected chi connectivity index (χ4v) is 3.78. The molecule has 0 saturated carbocycles. The average molecular weight is 367 g/mol. The molecule has 1 aliphatic rings. The smallest absolute Gasteiger partial charge is 0.216 e. The molecule has 2 aromatic carbocycles. The zero-order valence-electron chi connectivity index (χ0n) is 14.3. The molecule has 3 rings (SSSR count). The molecule has 0 fully saturated rings. The highest BCUT2D eigenvalue weighted by Gasteiger charge is 2.24. The second kappa shape index (κ2) is 7.06. The van der Waals surface area contributed by atoms with Gasteiger partial charge >= 0.3 is 0 Å². The Morgan fingerprint density at radius 3 is 2.54 bits per heavy atom. The maximum absolute atomic E-state index is 12.8. The summed E-state index contributed by atoms with van der Waals surface area (Å²) in [5.74, 6) is 1.27. The van der Waals surface area contributed by atoms with Crippen LogP contribution in [-0.4, -0.2) is 21.6 Å². The molecule has 1 heterocycles. The normalized spacial score (nSPS) is 16.7. The van der Waals surface area contributed by atoms with Gasteiger partial charge in [-0.3, -0.25) is 0 Å². The van der Waals surface area contributed by atoms with E-state index in [1.807, 2.05) is 37.3 Å². The first kappa shape index (κ1) is 17.8. The SMILES string of the molecule is COc1ccc(S(=O)(=O)/C(C#N)=C/C2=Cc3ccccc3OC2C)cc1. The lowest BCUT2D eigenvalue weighted by molar-refractivity contribution is 0.257. The van der Waals surface area contributed by atoms with Gasteiger partial charge in [0, 0.05) is 5.56 Å². The number of para-hydroxylation sites is 1. The summed E-state index contributed by atoms with van der Waals surface area (Å²) in [6.45, 7) is 1.81. The number of methoxy groups -OCH3 is 1. The summed E-state index contributed by atoms with van der Waals surface area (Å²) in [5.41, 5.74) is 1.47. The topological polar surface area (TPSA) is 76.4 Å². The minimum absolute atomic E-state index is 0.0384. The van der Waals surface area contributed by atoms with E-state index in [1.165, 1.54) is 25.3 Å². The quantitative estimate of drug-likeness (QED) is 0.770. The number of nitrogens with zero attached hydrogens (tertiary/aromatic N) is 1. The first-order valence-electron chi connectivity index (χ1n) is 7.94. The van der Waals surface area contributed by atoms with Crippen LogP contribution in [0.2, 0.25) is 0 Å². The third-order valence-electron chi connectivity index (χ3n) is 4.08. The van der Waals surface area contributed by atoms with Gasteiger partial charge in [0.25, 0.3) is 0 Å². The van der Waals surface area contributed by atoms with Crippen molar-refractivity contribution < 1.29 is 17.9 Å². The number of nitriles is 1.